The molecule has 0 heteroatoms. The zero-order valence-electron chi connectivity index (χ0n) is 9.70. The molecule has 0 atom stereocenters. The van der Waals surface area contributed by atoms with E-state index in [1.54, 1.807) is 0 Å². The normalized spacial score (nSPS) is 15.6. The predicted molar refractivity (Wildman–Crippen MR) is 67.5 cm³/mol. The van der Waals surface area contributed by atoms with Gasteiger partial charge in [0, 0.05) is 11.8 Å². The fourth-order valence-corrected chi connectivity index (χ4v) is 2.74. The highest BCUT2D eigenvalue weighted by atomic mass is 14.3. The molecule has 79 valence electrons. The van der Waals surface area contributed by atoms with Crippen molar-refractivity contribution >= 4 is 0 Å². The van der Waals surface area contributed by atoms with Crippen LogP contribution in [0.1, 0.15) is 42.0 Å². The minimum Gasteiger partial charge on any atom is -0.0620 e. The summed E-state index contributed by atoms with van der Waals surface area (Å²) in [5.41, 5.74) is 5.74. The molecule has 0 amide bonds. The lowest BCUT2D eigenvalue weighted by atomic mass is 9.74. The lowest BCUT2D eigenvalue weighted by Gasteiger charge is -2.30. The van der Waals surface area contributed by atoms with Crippen molar-refractivity contribution in [3.8, 4) is 0 Å². The SMILES string of the molecule is C[C]1c2ccccc2C(C)c2ccccc21. The molecule has 0 N–H and O–H groups in total. The summed E-state index contributed by atoms with van der Waals surface area (Å²) in [6.07, 6.45) is 0. The van der Waals surface area contributed by atoms with Crippen molar-refractivity contribution in [2.75, 3.05) is 0 Å². The lowest BCUT2D eigenvalue weighted by Crippen LogP contribution is -2.14. The molecule has 0 aliphatic heterocycles. The van der Waals surface area contributed by atoms with Crippen LogP contribution in [0, 0.1) is 5.92 Å². The first kappa shape index (κ1) is 9.65. The molecular weight excluding hydrogens is 192 g/mol. The molecule has 0 saturated carbocycles. The van der Waals surface area contributed by atoms with E-state index in [0.29, 0.717) is 5.92 Å². The Balaban J connectivity index is 2.26. The van der Waals surface area contributed by atoms with Gasteiger partial charge in [0.15, 0.2) is 0 Å². The monoisotopic (exact) mass is 207 g/mol. The van der Waals surface area contributed by atoms with Gasteiger partial charge in [0.2, 0.25) is 0 Å². The Morgan fingerprint density at radius 1 is 0.750 bits per heavy atom. The van der Waals surface area contributed by atoms with Gasteiger partial charge in [-0.1, -0.05) is 62.4 Å². The highest BCUT2D eigenvalue weighted by Gasteiger charge is 2.26. The quantitative estimate of drug-likeness (QED) is 0.609. The summed E-state index contributed by atoms with van der Waals surface area (Å²) in [6.45, 7) is 4.52. The maximum Gasteiger partial charge on any atom is 0.0315 e. The second-order valence-electron chi connectivity index (χ2n) is 4.52. The summed E-state index contributed by atoms with van der Waals surface area (Å²) in [5.74, 6) is 1.92. The van der Waals surface area contributed by atoms with Crippen LogP contribution in [0.2, 0.25) is 0 Å². The molecule has 2 aromatic carbocycles. The topological polar surface area (TPSA) is 0 Å². The van der Waals surface area contributed by atoms with Crippen molar-refractivity contribution in [3.63, 3.8) is 0 Å². The lowest BCUT2D eigenvalue weighted by molar-refractivity contribution is 0.857. The number of hydrogen-bond acceptors (Lipinski definition) is 0. The summed E-state index contributed by atoms with van der Waals surface area (Å²) < 4.78 is 0. The van der Waals surface area contributed by atoms with E-state index in [-0.39, 0.29) is 0 Å². The summed E-state index contributed by atoms with van der Waals surface area (Å²) in [6, 6.07) is 17.5. The molecule has 2 aromatic rings. The van der Waals surface area contributed by atoms with Gasteiger partial charge in [-0.05, 0) is 22.3 Å². The van der Waals surface area contributed by atoms with Gasteiger partial charge < -0.3 is 0 Å². The Morgan fingerprint density at radius 3 is 1.69 bits per heavy atom. The fraction of sp³-hybridized carbons (Fsp3) is 0.188. The summed E-state index contributed by atoms with van der Waals surface area (Å²) in [5, 5.41) is 0. The average Bonchev–Trinajstić information content (AvgIpc) is 2.36. The van der Waals surface area contributed by atoms with E-state index in [4.69, 9.17) is 0 Å². The van der Waals surface area contributed by atoms with Crippen molar-refractivity contribution in [3.05, 3.63) is 76.7 Å². The maximum atomic E-state index is 2.30. The van der Waals surface area contributed by atoms with Crippen LogP contribution in [0.15, 0.2) is 48.5 Å². The van der Waals surface area contributed by atoms with Crippen molar-refractivity contribution in [2.24, 2.45) is 0 Å². The van der Waals surface area contributed by atoms with Gasteiger partial charge in [0.1, 0.15) is 0 Å². The minimum atomic E-state index is 0.510. The highest BCUT2D eigenvalue weighted by molar-refractivity contribution is 5.59. The van der Waals surface area contributed by atoms with Crippen molar-refractivity contribution in [1.29, 1.82) is 0 Å². The maximum absolute atomic E-state index is 2.30. The van der Waals surface area contributed by atoms with E-state index in [2.05, 4.69) is 62.4 Å². The molecule has 3 rings (SSSR count). The zero-order chi connectivity index (χ0) is 11.1. The first-order valence-corrected chi connectivity index (χ1v) is 5.81. The summed E-state index contributed by atoms with van der Waals surface area (Å²) in [4.78, 5) is 0. The number of benzene rings is 2. The highest BCUT2D eigenvalue weighted by Crippen LogP contribution is 2.41. The van der Waals surface area contributed by atoms with E-state index in [1.807, 2.05) is 0 Å². The third-order valence-electron chi connectivity index (χ3n) is 3.66. The largest absolute Gasteiger partial charge is 0.0620 e. The molecule has 0 nitrogen and oxygen atoms in total. The van der Waals surface area contributed by atoms with E-state index in [1.165, 1.54) is 28.2 Å². The third-order valence-corrected chi connectivity index (χ3v) is 3.66. The van der Waals surface area contributed by atoms with Crippen LogP contribution in [0.4, 0.5) is 0 Å². The molecule has 0 bridgehead atoms. The minimum absolute atomic E-state index is 0.510. The summed E-state index contributed by atoms with van der Waals surface area (Å²) >= 11 is 0. The third kappa shape index (κ3) is 1.23. The zero-order valence-corrected chi connectivity index (χ0v) is 9.70. The van der Waals surface area contributed by atoms with E-state index < -0.39 is 0 Å². The smallest absolute Gasteiger partial charge is 0.0315 e. The Morgan fingerprint density at radius 2 is 1.19 bits per heavy atom. The van der Waals surface area contributed by atoms with Gasteiger partial charge in [0.05, 0.1) is 0 Å². The predicted octanol–water partition coefficient (Wildman–Crippen LogP) is 4.14. The fourth-order valence-electron chi connectivity index (χ4n) is 2.74. The van der Waals surface area contributed by atoms with Crippen LogP contribution in [-0.4, -0.2) is 0 Å². The molecule has 1 radical (unpaired) electrons. The standard InChI is InChI=1S/C16H15/c1-11-13-7-3-5-9-15(13)12(2)16-10-6-4-8-14(11)16/h3-11H,1-2H3. The number of fused-ring (bicyclic) bond motifs is 2. The summed E-state index contributed by atoms with van der Waals surface area (Å²) in [7, 11) is 0. The molecule has 0 heterocycles. The molecule has 0 saturated heterocycles. The van der Waals surface area contributed by atoms with Gasteiger partial charge in [-0.3, -0.25) is 0 Å². The molecular formula is C16H15. The molecule has 0 fully saturated rings. The second kappa shape index (κ2) is 3.48. The average molecular weight is 207 g/mol. The molecule has 16 heavy (non-hydrogen) atoms. The van der Waals surface area contributed by atoms with Gasteiger partial charge in [0.25, 0.3) is 0 Å². The van der Waals surface area contributed by atoms with Crippen molar-refractivity contribution in [2.45, 2.75) is 19.8 Å². The first-order valence-electron chi connectivity index (χ1n) is 5.81. The van der Waals surface area contributed by atoms with Crippen LogP contribution >= 0.6 is 0 Å². The molecule has 0 spiro atoms. The number of hydrogen-bond donors (Lipinski definition) is 0. The molecule has 0 aromatic heterocycles. The Kier molecular flexibility index (Phi) is 2.10. The van der Waals surface area contributed by atoms with Gasteiger partial charge >= 0.3 is 0 Å². The van der Waals surface area contributed by atoms with Crippen LogP contribution < -0.4 is 0 Å². The van der Waals surface area contributed by atoms with E-state index in [9.17, 15) is 0 Å². The van der Waals surface area contributed by atoms with Crippen molar-refractivity contribution in [1.82, 2.24) is 0 Å². The second-order valence-corrected chi connectivity index (χ2v) is 4.52. The van der Waals surface area contributed by atoms with Crippen LogP contribution in [0.3, 0.4) is 0 Å². The molecule has 0 unspecified atom stereocenters. The Hall–Kier alpha value is -1.56. The molecule has 1 aliphatic rings. The van der Waals surface area contributed by atoms with E-state index in [0.717, 1.165) is 0 Å². The first-order chi connectivity index (χ1) is 7.79. The van der Waals surface area contributed by atoms with Crippen LogP contribution in [0.25, 0.3) is 0 Å². The Labute approximate surface area is 96.9 Å². The van der Waals surface area contributed by atoms with Crippen LogP contribution in [-0.2, 0) is 0 Å². The van der Waals surface area contributed by atoms with Crippen molar-refractivity contribution < 1.29 is 0 Å². The van der Waals surface area contributed by atoms with Crippen LogP contribution in [0.5, 0.6) is 0 Å². The molecule has 1 aliphatic carbocycles. The Bertz CT molecular complexity index is 430. The van der Waals surface area contributed by atoms with Gasteiger partial charge in [-0.15, -0.1) is 0 Å². The van der Waals surface area contributed by atoms with E-state index >= 15 is 0 Å². The van der Waals surface area contributed by atoms with Gasteiger partial charge in [-0.2, -0.15) is 0 Å². The number of rotatable bonds is 0. The van der Waals surface area contributed by atoms with Gasteiger partial charge in [-0.25, -0.2) is 0 Å².